The first-order valence-corrected chi connectivity index (χ1v) is 6.72. The standard InChI is InChI=1S/C15H21FN2/c1-3-8-17(4-2)9-5-13-6-10-18-11-7-14(16)12-15(13)18/h6-7,10-12H,3-5,8-9H2,1-2H3. The van der Waals surface area contributed by atoms with Gasteiger partial charge in [0.05, 0.1) is 5.52 Å². The first kappa shape index (κ1) is 13.1. The molecule has 3 heteroatoms. The minimum atomic E-state index is -0.164. The molecule has 2 rings (SSSR count). The summed E-state index contributed by atoms with van der Waals surface area (Å²) < 4.78 is 15.2. The summed E-state index contributed by atoms with van der Waals surface area (Å²) in [5, 5.41) is 0. The zero-order valence-electron chi connectivity index (χ0n) is 11.2. The van der Waals surface area contributed by atoms with Crippen molar-refractivity contribution < 1.29 is 4.39 Å². The van der Waals surface area contributed by atoms with Crippen LogP contribution < -0.4 is 0 Å². The van der Waals surface area contributed by atoms with Crippen molar-refractivity contribution in [1.82, 2.24) is 9.30 Å². The van der Waals surface area contributed by atoms with Crippen LogP contribution >= 0.6 is 0 Å². The maximum Gasteiger partial charge on any atom is 0.126 e. The highest BCUT2D eigenvalue weighted by Gasteiger charge is 2.06. The molecular formula is C15H21FN2. The summed E-state index contributed by atoms with van der Waals surface area (Å²) in [5.74, 6) is -0.164. The van der Waals surface area contributed by atoms with E-state index in [0.717, 1.165) is 31.6 Å². The van der Waals surface area contributed by atoms with Gasteiger partial charge < -0.3 is 9.30 Å². The lowest BCUT2D eigenvalue weighted by Gasteiger charge is -2.19. The number of aromatic nitrogens is 1. The Morgan fingerprint density at radius 2 is 1.94 bits per heavy atom. The van der Waals surface area contributed by atoms with Crippen molar-refractivity contribution in [2.45, 2.75) is 26.7 Å². The minimum absolute atomic E-state index is 0.164. The average molecular weight is 248 g/mol. The normalized spacial score (nSPS) is 11.6. The third-order valence-electron chi connectivity index (χ3n) is 3.40. The topological polar surface area (TPSA) is 7.65 Å². The van der Waals surface area contributed by atoms with Crippen molar-refractivity contribution in [2.24, 2.45) is 0 Å². The van der Waals surface area contributed by atoms with E-state index in [1.54, 1.807) is 12.3 Å². The van der Waals surface area contributed by atoms with Gasteiger partial charge in [0.25, 0.3) is 0 Å². The summed E-state index contributed by atoms with van der Waals surface area (Å²) in [6.07, 6.45) is 5.94. The Labute approximate surface area is 108 Å². The molecular weight excluding hydrogens is 227 g/mol. The zero-order chi connectivity index (χ0) is 13.0. The quantitative estimate of drug-likeness (QED) is 0.760. The van der Waals surface area contributed by atoms with Crippen LogP contribution in [0.15, 0.2) is 30.6 Å². The van der Waals surface area contributed by atoms with Crippen LogP contribution in [0.4, 0.5) is 4.39 Å². The first-order chi connectivity index (χ1) is 8.74. The van der Waals surface area contributed by atoms with E-state index in [0.29, 0.717) is 0 Å². The Morgan fingerprint density at radius 3 is 2.67 bits per heavy atom. The largest absolute Gasteiger partial charge is 0.323 e. The fourth-order valence-electron chi connectivity index (χ4n) is 2.36. The number of likely N-dealkylation sites (N-methyl/N-ethyl adjacent to an activating group) is 1. The van der Waals surface area contributed by atoms with Crippen molar-refractivity contribution in [1.29, 1.82) is 0 Å². The van der Waals surface area contributed by atoms with Gasteiger partial charge >= 0.3 is 0 Å². The molecule has 0 unspecified atom stereocenters. The molecule has 0 spiro atoms. The molecule has 0 bridgehead atoms. The van der Waals surface area contributed by atoms with E-state index in [2.05, 4.69) is 24.8 Å². The van der Waals surface area contributed by atoms with Gasteiger partial charge in [0.1, 0.15) is 5.82 Å². The van der Waals surface area contributed by atoms with Crippen molar-refractivity contribution in [3.05, 3.63) is 42.0 Å². The van der Waals surface area contributed by atoms with Crippen LogP contribution in [-0.2, 0) is 6.42 Å². The maximum atomic E-state index is 13.3. The smallest absolute Gasteiger partial charge is 0.126 e. The van der Waals surface area contributed by atoms with E-state index < -0.39 is 0 Å². The Hall–Kier alpha value is -1.35. The summed E-state index contributed by atoms with van der Waals surface area (Å²) in [7, 11) is 0. The molecule has 0 fully saturated rings. The summed E-state index contributed by atoms with van der Waals surface area (Å²) in [6.45, 7) is 7.64. The Morgan fingerprint density at radius 1 is 1.17 bits per heavy atom. The molecule has 0 N–H and O–H groups in total. The van der Waals surface area contributed by atoms with Gasteiger partial charge in [-0.05, 0) is 49.7 Å². The molecule has 2 aromatic rings. The maximum absolute atomic E-state index is 13.3. The molecule has 0 aliphatic heterocycles. The molecule has 18 heavy (non-hydrogen) atoms. The van der Waals surface area contributed by atoms with Crippen LogP contribution in [0, 0.1) is 5.82 Å². The van der Waals surface area contributed by atoms with E-state index in [9.17, 15) is 4.39 Å². The van der Waals surface area contributed by atoms with Crippen LogP contribution in [0.1, 0.15) is 25.8 Å². The van der Waals surface area contributed by atoms with Gasteiger partial charge in [-0.15, -0.1) is 0 Å². The Bertz CT molecular complexity index is 504. The number of rotatable bonds is 6. The van der Waals surface area contributed by atoms with Gasteiger partial charge in [-0.1, -0.05) is 13.8 Å². The molecule has 0 amide bonds. The molecule has 0 radical (unpaired) electrons. The molecule has 2 aromatic heterocycles. The Kier molecular flexibility index (Phi) is 4.37. The second kappa shape index (κ2) is 6.01. The lowest BCUT2D eigenvalue weighted by Crippen LogP contribution is -2.26. The van der Waals surface area contributed by atoms with E-state index >= 15 is 0 Å². The molecule has 0 saturated carbocycles. The van der Waals surface area contributed by atoms with Gasteiger partial charge in [-0.3, -0.25) is 0 Å². The summed E-state index contributed by atoms with van der Waals surface area (Å²) >= 11 is 0. The third-order valence-corrected chi connectivity index (χ3v) is 3.40. The predicted octanol–water partition coefficient (Wildman–Crippen LogP) is 3.35. The second-order valence-corrected chi connectivity index (χ2v) is 4.66. The number of nitrogens with zero attached hydrogens (tertiary/aromatic N) is 2. The fourth-order valence-corrected chi connectivity index (χ4v) is 2.36. The highest BCUT2D eigenvalue weighted by molar-refractivity contribution is 5.55. The lowest BCUT2D eigenvalue weighted by atomic mass is 10.2. The van der Waals surface area contributed by atoms with Crippen LogP contribution in [0.25, 0.3) is 5.52 Å². The van der Waals surface area contributed by atoms with Gasteiger partial charge in [-0.25, -0.2) is 4.39 Å². The number of fused-ring (bicyclic) bond motifs is 1. The van der Waals surface area contributed by atoms with Crippen LogP contribution in [0.5, 0.6) is 0 Å². The van der Waals surface area contributed by atoms with E-state index in [1.807, 2.05) is 10.6 Å². The van der Waals surface area contributed by atoms with Crippen molar-refractivity contribution in [2.75, 3.05) is 19.6 Å². The predicted molar refractivity (Wildman–Crippen MR) is 73.5 cm³/mol. The van der Waals surface area contributed by atoms with Crippen molar-refractivity contribution in [3.8, 4) is 0 Å². The summed E-state index contributed by atoms with van der Waals surface area (Å²) in [6, 6.07) is 5.20. The fraction of sp³-hybridized carbons (Fsp3) is 0.467. The molecule has 2 nitrogen and oxygen atoms in total. The third kappa shape index (κ3) is 2.91. The average Bonchev–Trinajstić information content (AvgIpc) is 2.77. The lowest BCUT2D eigenvalue weighted by molar-refractivity contribution is 0.293. The van der Waals surface area contributed by atoms with Crippen LogP contribution in [0.3, 0.4) is 0 Å². The Balaban J connectivity index is 2.09. The zero-order valence-corrected chi connectivity index (χ0v) is 11.2. The number of hydrogen-bond donors (Lipinski definition) is 0. The molecule has 0 aliphatic carbocycles. The summed E-state index contributed by atoms with van der Waals surface area (Å²) in [5.41, 5.74) is 2.21. The van der Waals surface area contributed by atoms with Crippen LogP contribution in [-0.4, -0.2) is 28.9 Å². The van der Waals surface area contributed by atoms with Gasteiger partial charge in [-0.2, -0.15) is 0 Å². The number of pyridine rings is 1. The van der Waals surface area contributed by atoms with E-state index in [-0.39, 0.29) is 5.82 Å². The monoisotopic (exact) mass is 248 g/mol. The highest BCUT2D eigenvalue weighted by Crippen LogP contribution is 2.15. The molecule has 0 aliphatic rings. The molecule has 2 heterocycles. The second-order valence-electron chi connectivity index (χ2n) is 4.66. The molecule has 0 saturated heterocycles. The minimum Gasteiger partial charge on any atom is -0.323 e. The molecule has 0 aromatic carbocycles. The van der Waals surface area contributed by atoms with Gasteiger partial charge in [0.15, 0.2) is 0 Å². The molecule has 98 valence electrons. The van der Waals surface area contributed by atoms with Crippen LogP contribution in [0.2, 0.25) is 0 Å². The van der Waals surface area contributed by atoms with Crippen molar-refractivity contribution >= 4 is 5.52 Å². The van der Waals surface area contributed by atoms with Gasteiger partial charge in [0.2, 0.25) is 0 Å². The van der Waals surface area contributed by atoms with E-state index in [1.165, 1.54) is 18.1 Å². The van der Waals surface area contributed by atoms with Crippen molar-refractivity contribution in [3.63, 3.8) is 0 Å². The SMILES string of the molecule is CCCN(CC)CCc1ccn2ccc(F)cc12. The number of halogens is 1. The first-order valence-electron chi connectivity index (χ1n) is 6.72. The van der Waals surface area contributed by atoms with E-state index in [4.69, 9.17) is 0 Å². The van der Waals surface area contributed by atoms with Gasteiger partial charge in [0, 0.05) is 18.9 Å². The molecule has 0 atom stereocenters. The number of hydrogen-bond acceptors (Lipinski definition) is 1. The summed E-state index contributed by atoms with van der Waals surface area (Å²) in [4.78, 5) is 2.43. The highest BCUT2D eigenvalue weighted by atomic mass is 19.1.